The smallest absolute Gasteiger partial charge is 0.323 e. The Bertz CT molecular complexity index is 341. The third kappa shape index (κ3) is 4.17. The average Bonchev–Trinajstić information content (AvgIpc) is 2.18. The largest absolute Gasteiger partial charge is 0.465 e. The maximum Gasteiger partial charge on any atom is 0.323 e. The lowest BCUT2D eigenvalue weighted by Gasteiger charge is -2.10. The summed E-state index contributed by atoms with van der Waals surface area (Å²) in [4.78, 5) is 11.3. The number of carbonyl (C=O) groups excluding carboxylic acids is 1. The quantitative estimate of drug-likeness (QED) is 0.679. The number of nitrogens with two attached hydrogens (primary N) is 1. The van der Waals surface area contributed by atoms with E-state index in [2.05, 4.69) is 22.6 Å². The molecule has 2 N–H and O–H groups in total. The van der Waals surface area contributed by atoms with Crippen molar-refractivity contribution >= 4 is 28.6 Å². The molecule has 0 aliphatic carbocycles. The van der Waals surface area contributed by atoms with Crippen LogP contribution in [0.2, 0.25) is 0 Å². The van der Waals surface area contributed by atoms with Crippen LogP contribution in [0.15, 0.2) is 24.3 Å². The Hall–Kier alpha value is -0.620. The first-order chi connectivity index (χ1) is 7.13. The van der Waals surface area contributed by atoms with E-state index in [-0.39, 0.29) is 5.97 Å². The van der Waals surface area contributed by atoms with E-state index in [0.29, 0.717) is 13.0 Å². The summed E-state index contributed by atoms with van der Waals surface area (Å²) in [5, 5.41) is 0. The van der Waals surface area contributed by atoms with E-state index in [9.17, 15) is 4.79 Å². The van der Waals surface area contributed by atoms with Crippen molar-refractivity contribution in [2.45, 2.75) is 19.4 Å². The Kier molecular flexibility index (Phi) is 5.04. The fourth-order valence-corrected chi connectivity index (χ4v) is 1.86. The van der Waals surface area contributed by atoms with Gasteiger partial charge in [0.15, 0.2) is 0 Å². The molecule has 82 valence electrons. The highest BCUT2D eigenvalue weighted by molar-refractivity contribution is 14.1. The van der Waals surface area contributed by atoms with Gasteiger partial charge in [-0.05, 0) is 53.6 Å². The van der Waals surface area contributed by atoms with Gasteiger partial charge in [0.2, 0.25) is 0 Å². The molecular formula is C11H14INO2. The number of esters is 1. The summed E-state index contributed by atoms with van der Waals surface area (Å²) in [5.41, 5.74) is 6.77. The molecule has 1 aromatic carbocycles. The summed E-state index contributed by atoms with van der Waals surface area (Å²) in [6, 6.07) is 7.36. The lowest BCUT2D eigenvalue weighted by Crippen LogP contribution is -2.34. The second kappa shape index (κ2) is 6.07. The molecule has 0 saturated carbocycles. The van der Waals surface area contributed by atoms with Gasteiger partial charge in [0, 0.05) is 3.57 Å². The first-order valence-electron chi connectivity index (χ1n) is 4.80. The number of rotatable bonds is 4. The molecule has 0 spiro atoms. The summed E-state index contributed by atoms with van der Waals surface area (Å²) in [6.07, 6.45) is 0.523. The molecule has 1 atom stereocenters. The van der Waals surface area contributed by atoms with E-state index in [1.165, 1.54) is 0 Å². The number of ether oxygens (including phenoxy) is 1. The van der Waals surface area contributed by atoms with E-state index in [0.717, 1.165) is 9.13 Å². The Morgan fingerprint density at radius 2 is 2.33 bits per heavy atom. The van der Waals surface area contributed by atoms with Crippen LogP contribution in [0.4, 0.5) is 0 Å². The van der Waals surface area contributed by atoms with Crippen molar-refractivity contribution in [3.8, 4) is 0 Å². The third-order valence-electron chi connectivity index (χ3n) is 1.93. The standard InChI is InChI=1S/C11H14INO2/c1-2-15-11(14)10(13)7-8-4-3-5-9(12)6-8/h3-6,10H,2,7,13H2,1H3. The zero-order chi connectivity index (χ0) is 11.3. The third-order valence-corrected chi connectivity index (χ3v) is 2.60. The fourth-order valence-electron chi connectivity index (χ4n) is 1.25. The van der Waals surface area contributed by atoms with Gasteiger partial charge >= 0.3 is 5.97 Å². The van der Waals surface area contributed by atoms with Gasteiger partial charge in [-0.15, -0.1) is 0 Å². The monoisotopic (exact) mass is 319 g/mol. The zero-order valence-corrected chi connectivity index (χ0v) is 10.7. The Morgan fingerprint density at radius 3 is 2.93 bits per heavy atom. The number of halogens is 1. The van der Waals surface area contributed by atoms with Crippen molar-refractivity contribution in [3.63, 3.8) is 0 Å². The minimum absolute atomic E-state index is 0.337. The predicted octanol–water partition coefficient (Wildman–Crippen LogP) is 1.72. The van der Waals surface area contributed by atoms with Crippen LogP contribution in [0.5, 0.6) is 0 Å². The normalized spacial score (nSPS) is 12.2. The van der Waals surface area contributed by atoms with Gasteiger partial charge in [0.1, 0.15) is 6.04 Å². The molecule has 1 aromatic rings. The summed E-state index contributed by atoms with van der Waals surface area (Å²) >= 11 is 2.23. The van der Waals surface area contributed by atoms with Crippen molar-refractivity contribution in [1.29, 1.82) is 0 Å². The predicted molar refractivity (Wildman–Crippen MR) is 67.5 cm³/mol. The molecule has 0 aliphatic heterocycles. The Morgan fingerprint density at radius 1 is 1.60 bits per heavy atom. The number of hydrogen-bond acceptors (Lipinski definition) is 3. The van der Waals surface area contributed by atoms with Crippen molar-refractivity contribution in [2.24, 2.45) is 5.73 Å². The van der Waals surface area contributed by atoms with Crippen LogP contribution in [0.25, 0.3) is 0 Å². The van der Waals surface area contributed by atoms with Gasteiger partial charge in [-0.25, -0.2) is 0 Å². The molecule has 3 nitrogen and oxygen atoms in total. The molecule has 1 unspecified atom stereocenters. The van der Waals surface area contributed by atoms with E-state index >= 15 is 0 Å². The van der Waals surface area contributed by atoms with Crippen LogP contribution < -0.4 is 5.73 Å². The van der Waals surface area contributed by atoms with Gasteiger partial charge in [0.25, 0.3) is 0 Å². The minimum atomic E-state index is -0.567. The van der Waals surface area contributed by atoms with E-state index in [1.54, 1.807) is 6.92 Å². The molecule has 0 radical (unpaired) electrons. The fraction of sp³-hybridized carbons (Fsp3) is 0.364. The topological polar surface area (TPSA) is 52.3 Å². The summed E-state index contributed by atoms with van der Waals surface area (Å²) in [7, 11) is 0. The van der Waals surface area contributed by atoms with Crippen molar-refractivity contribution in [3.05, 3.63) is 33.4 Å². The van der Waals surface area contributed by atoms with Crippen LogP contribution >= 0.6 is 22.6 Å². The molecule has 0 fully saturated rings. The molecule has 0 saturated heterocycles. The lowest BCUT2D eigenvalue weighted by atomic mass is 10.1. The molecule has 0 aromatic heterocycles. The summed E-state index contributed by atoms with van der Waals surface area (Å²) in [6.45, 7) is 2.15. The average molecular weight is 319 g/mol. The number of benzene rings is 1. The first-order valence-corrected chi connectivity index (χ1v) is 5.88. The van der Waals surface area contributed by atoms with Crippen LogP contribution in [-0.4, -0.2) is 18.6 Å². The summed E-state index contributed by atoms with van der Waals surface area (Å²) < 4.78 is 5.98. The highest BCUT2D eigenvalue weighted by Crippen LogP contribution is 2.09. The molecule has 0 amide bonds. The van der Waals surface area contributed by atoms with Crippen molar-refractivity contribution < 1.29 is 9.53 Å². The molecule has 15 heavy (non-hydrogen) atoms. The number of carbonyl (C=O) groups is 1. The maximum absolute atomic E-state index is 11.3. The maximum atomic E-state index is 11.3. The lowest BCUT2D eigenvalue weighted by molar-refractivity contribution is -0.144. The van der Waals surface area contributed by atoms with Crippen LogP contribution in [-0.2, 0) is 16.0 Å². The Labute approximate surface area is 103 Å². The molecule has 4 heteroatoms. The minimum Gasteiger partial charge on any atom is -0.465 e. The van der Waals surface area contributed by atoms with Gasteiger partial charge in [0.05, 0.1) is 6.61 Å². The van der Waals surface area contributed by atoms with Gasteiger partial charge < -0.3 is 10.5 Å². The first kappa shape index (κ1) is 12.4. The highest BCUT2D eigenvalue weighted by atomic mass is 127. The van der Waals surface area contributed by atoms with Gasteiger partial charge in [-0.3, -0.25) is 4.79 Å². The van der Waals surface area contributed by atoms with E-state index in [4.69, 9.17) is 10.5 Å². The van der Waals surface area contributed by atoms with Gasteiger partial charge in [-0.1, -0.05) is 12.1 Å². The Balaban J connectivity index is 2.58. The number of hydrogen-bond donors (Lipinski definition) is 1. The highest BCUT2D eigenvalue weighted by Gasteiger charge is 2.14. The van der Waals surface area contributed by atoms with Crippen molar-refractivity contribution in [1.82, 2.24) is 0 Å². The molecule has 0 bridgehead atoms. The van der Waals surface area contributed by atoms with E-state index < -0.39 is 6.04 Å². The van der Waals surface area contributed by atoms with Gasteiger partial charge in [-0.2, -0.15) is 0 Å². The molecule has 1 rings (SSSR count). The summed E-state index contributed by atoms with van der Waals surface area (Å²) in [5.74, 6) is -0.337. The molecule has 0 aliphatic rings. The second-order valence-corrected chi connectivity index (χ2v) is 4.44. The second-order valence-electron chi connectivity index (χ2n) is 3.19. The van der Waals surface area contributed by atoms with Crippen LogP contribution in [0.3, 0.4) is 0 Å². The molecule has 0 heterocycles. The SMILES string of the molecule is CCOC(=O)C(N)Cc1cccc(I)c1. The molecular weight excluding hydrogens is 305 g/mol. The zero-order valence-electron chi connectivity index (χ0n) is 8.57. The van der Waals surface area contributed by atoms with Crippen LogP contribution in [0, 0.1) is 3.57 Å². The van der Waals surface area contributed by atoms with Crippen molar-refractivity contribution in [2.75, 3.05) is 6.61 Å². The van der Waals surface area contributed by atoms with Crippen LogP contribution in [0.1, 0.15) is 12.5 Å². The van der Waals surface area contributed by atoms with E-state index in [1.807, 2.05) is 24.3 Å².